The smallest absolute Gasteiger partial charge is 0.267 e. The summed E-state index contributed by atoms with van der Waals surface area (Å²) < 4.78 is 10.8. The van der Waals surface area contributed by atoms with Crippen molar-refractivity contribution < 1.29 is 14.1 Å². The van der Waals surface area contributed by atoms with Crippen LogP contribution in [0, 0.1) is 0 Å². The second-order valence-corrected chi connectivity index (χ2v) is 7.92. The van der Waals surface area contributed by atoms with Crippen molar-refractivity contribution in [1.82, 2.24) is 25.6 Å². The number of hydrazine groups is 1. The van der Waals surface area contributed by atoms with Crippen molar-refractivity contribution in [3.05, 3.63) is 65.0 Å². The van der Waals surface area contributed by atoms with Crippen LogP contribution in [0.1, 0.15) is 30.8 Å². The number of benzene rings is 2. The number of carbonyl (C=O) groups excluding carboxylic acids is 1. The zero-order chi connectivity index (χ0) is 22.1. The van der Waals surface area contributed by atoms with Crippen molar-refractivity contribution in [3.8, 4) is 17.1 Å². The monoisotopic (exact) mass is 452 g/mol. The molecule has 1 saturated heterocycles. The van der Waals surface area contributed by atoms with Crippen molar-refractivity contribution in [1.29, 1.82) is 0 Å². The first-order valence-electron chi connectivity index (χ1n) is 10.3. The van der Waals surface area contributed by atoms with Gasteiger partial charge in [0.25, 0.3) is 5.91 Å². The molecule has 32 heavy (non-hydrogen) atoms. The van der Waals surface area contributed by atoms with Crippen LogP contribution >= 0.6 is 11.6 Å². The molecule has 0 spiro atoms. The fourth-order valence-corrected chi connectivity index (χ4v) is 3.92. The van der Waals surface area contributed by atoms with E-state index in [1.165, 1.54) is 5.01 Å². The lowest BCUT2D eigenvalue weighted by Crippen LogP contribution is -2.50. The molecule has 0 saturated carbocycles. The molecule has 5 rings (SSSR count). The number of halogens is 1. The molecule has 0 bridgehead atoms. The van der Waals surface area contributed by atoms with Crippen LogP contribution in [-0.4, -0.2) is 45.1 Å². The Hall–Kier alpha value is -3.43. The van der Waals surface area contributed by atoms with Gasteiger partial charge in [0.05, 0.1) is 12.6 Å². The third-order valence-corrected chi connectivity index (χ3v) is 5.66. The van der Waals surface area contributed by atoms with Gasteiger partial charge in [-0.15, -0.1) is 0 Å². The van der Waals surface area contributed by atoms with E-state index in [0.29, 0.717) is 29.8 Å². The van der Waals surface area contributed by atoms with Crippen molar-refractivity contribution in [2.75, 3.05) is 6.61 Å². The number of hydrogen-bond acceptors (Lipinski definition) is 8. The quantitative estimate of drug-likeness (QED) is 0.612. The Balaban J connectivity index is 1.25. The summed E-state index contributed by atoms with van der Waals surface area (Å²) in [7, 11) is 0. The van der Waals surface area contributed by atoms with Crippen molar-refractivity contribution in [2.24, 2.45) is 5.10 Å². The summed E-state index contributed by atoms with van der Waals surface area (Å²) in [5.41, 5.74) is 5.20. The van der Waals surface area contributed by atoms with Crippen LogP contribution in [0.2, 0.25) is 5.02 Å². The maximum Gasteiger partial charge on any atom is 0.267 e. The van der Waals surface area contributed by atoms with Crippen LogP contribution in [0.4, 0.5) is 0 Å². The lowest BCUT2D eigenvalue weighted by Gasteiger charge is -2.29. The fourth-order valence-electron chi connectivity index (χ4n) is 3.80. The molecule has 1 N–H and O–H groups in total. The summed E-state index contributed by atoms with van der Waals surface area (Å²) in [5, 5.41) is 12.0. The van der Waals surface area contributed by atoms with Gasteiger partial charge in [0.2, 0.25) is 11.7 Å². The van der Waals surface area contributed by atoms with Gasteiger partial charge in [-0.3, -0.25) is 9.80 Å². The Kier molecular flexibility index (Phi) is 5.50. The maximum atomic E-state index is 13.0. The van der Waals surface area contributed by atoms with E-state index < -0.39 is 0 Å². The molecule has 1 aromatic heterocycles. The first kappa shape index (κ1) is 20.5. The molecule has 0 radical (unpaired) electrons. The van der Waals surface area contributed by atoms with Crippen molar-refractivity contribution in [2.45, 2.75) is 32.0 Å². The number of carbonyl (C=O) groups is 1. The average molecular weight is 453 g/mol. The van der Waals surface area contributed by atoms with E-state index in [2.05, 4.69) is 20.7 Å². The van der Waals surface area contributed by atoms with E-state index in [-0.39, 0.29) is 24.5 Å². The minimum Gasteiger partial charge on any atom is -0.494 e. The molecule has 2 aromatic carbocycles. The van der Waals surface area contributed by atoms with Gasteiger partial charge in [0.15, 0.2) is 0 Å². The third-order valence-electron chi connectivity index (χ3n) is 5.40. The largest absolute Gasteiger partial charge is 0.494 e. The topological polar surface area (TPSA) is 96.1 Å². The summed E-state index contributed by atoms with van der Waals surface area (Å²) in [6.45, 7) is 2.68. The first-order valence-corrected chi connectivity index (χ1v) is 10.7. The Labute approximate surface area is 189 Å². The normalized spacial score (nSPS) is 20.0. The Morgan fingerprint density at radius 3 is 2.72 bits per heavy atom. The Morgan fingerprint density at radius 2 is 1.97 bits per heavy atom. The molecule has 3 aromatic rings. The first-order chi connectivity index (χ1) is 15.6. The lowest BCUT2D eigenvalue weighted by atomic mass is 10.0. The number of rotatable bonds is 6. The van der Waals surface area contributed by atoms with Crippen LogP contribution in [0.5, 0.6) is 5.75 Å². The zero-order valence-corrected chi connectivity index (χ0v) is 18.1. The predicted molar refractivity (Wildman–Crippen MR) is 118 cm³/mol. The van der Waals surface area contributed by atoms with Gasteiger partial charge >= 0.3 is 0 Å². The predicted octanol–water partition coefficient (Wildman–Crippen LogP) is 3.39. The van der Waals surface area contributed by atoms with Crippen LogP contribution in [0.25, 0.3) is 11.4 Å². The third kappa shape index (κ3) is 4.04. The van der Waals surface area contributed by atoms with E-state index in [9.17, 15) is 4.79 Å². The van der Waals surface area contributed by atoms with Gasteiger partial charge in [-0.2, -0.15) is 10.1 Å². The van der Waals surface area contributed by atoms with Gasteiger partial charge < -0.3 is 9.26 Å². The summed E-state index contributed by atoms with van der Waals surface area (Å²) >= 11 is 5.92. The summed E-state index contributed by atoms with van der Waals surface area (Å²) in [4.78, 5) is 17.4. The molecule has 164 valence electrons. The number of hydrazone groups is 1. The molecule has 2 unspecified atom stereocenters. The Bertz CT molecular complexity index is 1130. The number of fused-ring (bicyclic) bond motifs is 1. The molecule has 2 aliphatic rings. The highest BCUT2D eigenvalue weighted by Gasteiger charge is 2.41. The van der Waals surface area contributed by atoms with E-state index in [1.807, 2.05) is 43.3 Å². The Morgan fingerprint density at radius 1 is 1.19 bits per heavy atom. The summed E-state index contributed by atoms with van der Waals surface area (Å²) in [5.74, 6) is 1.45. The number of amides is 1. The molecule has 9 nitrogen and oxygen atoms in total. The van der Waals surface area contributed by atoms with Crippen molar-refractivity contribution >= 4 is 23.8 Å². The number of nitrogens with zero attached hydrogens (tertiary/aromatic N) is 5. The zero-order valence-electron chi connectivity index (χ0n) is 17.3. The van der Waals surface area contributed by atoms with Crippen LogP contribution in [0.3, 0.4) is 0 Å². The van der Waals surface area contributed by atoms with Gasteiger partial charge in [0, 0.05) is 10.6 Å². The second-order valence-electron chi connectivity index (χ2n) is 7.49. The molecule has 2 aliphatic heterocycles. The van der Waals surface area contributed by atoms with E-state index in [4.69, 9.17) is 20.9 Å². The highest BCUT2D eigenvalue weighted by atomic mass is 35.5. The lowest BCUT2D eigenvalue weighted by molar-refractivity contribution is -0.137. The molecule has 1 amide bonds. The van der Waals surface area contributed by atoms with Gasteiger partial charge in [-0.25, -0.2) is 10.4 Å². The van der Waals surface area contributed by atoms with Crippen LogP contribution < -0.4 is 10.2 Å². The summed E-state index contributed by atoms with van der Waals surface area (Å²) in [6, 6.07) is 14.7. The standard InChI is InChI=1S/C22H21ClN6O3/c1-2-31-17-9-5-14(6-10-17)18-11-19-22(30)28(24-13-29(19)26-18)12-20-25-21(27-32-20)15-3-7-16(23)8-4-15/h3-10,13,18-19,26H,2,11-12H2,1H3. The minimum absolute atomic E-state index is 0.00550. The van der Waals surface area contributed by atoms with Gasteiger partial charge in [0.1, 0.15) is 24.7 Å². The van der Waals surface area contributed by atoms with Crippen LogP contribution in [-0.2, 0) is 11.3 Å². The van der Waals surface area contributed by atoms with Crippen LogP contribution in [0.15, 0.2) is 58.2 Å². The van der Waals surface area contributed by atoms with E-state index in [1.54, 1.807) is 23.5 Å². The molecular formula is C22H21ClN6O3. The van der Waals surface area contributed by atoms with Crippen molar-refractivity contribution in [3.63, 3.8) is 0 Å². The minimum atomic E-state index is -0.359. The summed E-state index contributed by atoms with van der Waals surface area (Å²) in [6.07, 6.45) is 2.24. The molecule has 3 heterocycles. The van der Waals surface area contributed by atoms with Gasteiger partial charge in [-0.1, -0.05) is 28.9 Å². The molecule has 2 atom stereocenters. The molecular weight excluding hydrogens is 432 g/mol. The fraction of sp³-hybridized carbons (Fsp3) is 0.273. The average Bonchev–Trinajstić information content (AvgIpc) is 3.45. The maximum absolute atomic E-state index is 13.0. The molecule has 1 fully saturated rings. The number of hydrogen-bond donors (Lipinski definition) is 1. The molecule has 10 heteroatoms. The van der Waals surface area contributed by atoms with E-state index >= 15 is 0 Å². The number of nitrogens with one attached hydrogen (secondary N) is 1. The highest BCUT2D eigenvalue weighted by molar-refractivity contribution is 6.30. The second kappa shape index (κ2) is 8.60. The number of ether oxygens (including phenoxy) is 1. The molecule has 0 aliphatic carbocycles. The SMILES string of the molecule is CCOc1ccc(C2CC3C(=O)N(Cc4nc(-c5ccc(Cl)cc5)no4)N=CN3N2)cc1. The highest BCUT2D eigenvalue weighted by Crippen LogP contribution is 2.31. The number of aromatic nitrogens is 2. The van der Waals surface area contributed by atoms with E-state index in [0.717, 1.165) is 16.9 Å². The van der Waals surface area contributed by atoms with Gasteiger partial charge in [-0.05, 0) is 55.3 Å².